The van der Waals surface area contributed by atoms with E-state index in [0.29, 0.717) is 32.2 Å². The Bertz CT molecular complexity index is 1210. The summed E-state index contributed by atoms with van der Waals surface area (Å²) >= 11 is 0. The van der Waals surface area contributed by atoms with E-state index in [1.54, 1.807) is 12.1 Å². The molecule has 0 atom stereocenters. The standard InChI is InChI=1S/C27H37N7O2/c1-19(2)28-10-11-29-26(35)17-33(24-13-23-14-30-31(4)25(23)12-20(24)3)18-27(36)32(5)34-15-21-8-6-7-9-22(21)16-34/h6-9,12-14,19,28H,10-11,15-18H2,1-5H3,(H,29,35). The van der Waals surface area contributed by atoms with Crippen LogP contribution in [-0.4, -0.2) is 70.9 Å². The highest BCUT2D eigenvalue weighted by Crippen LogP contribution is 2.27. The Morgan fingerprint density at radius 2 is 1.78 bits per heavy atom. The number of hydrogen-bond acceptors (Lipinski definition) is 6. The van der Waals surface area contributed by atoms with Gasteiger partial charge in [0.05, 0.1) is 24.8 Å². The number of carbonyl (C=O) groups is 2. The fraction of sp³-hybridized carbons (Fsp3) is 0.444. The molecule has 2 aromatic carbocycles. The first-order valence-electron chi connectivity index (χ1n) is 12.5. The highest BCUT2D eigenvalue weighted by molar-refractivity contribution is 5.90. The first-order chi connectivity index (χ1) is 17.2. The van der Waals surface area contributed by atoms with Gasteiger partial charge in [-0.2, -0.15) is 5.10 Å². The third kappa shape index (κ3) is 5.85. The number of likely N-dealkylation sites (N-methyl/N-ethyl adjacent to an activating group) is 1. The summed E-state index contributed by atoms with van der Waals surface area (Å²) in [4.78, 5) is 28.2. The third-order valence-corrected chi connectivity index (χ3v) is 6.67. The number of rotatable bonds is 10. The number of benzene rings is 2. The van der Waals surface area contributed by atoms with Crippen molar-refractivity contribution in [1.29, 1.82) is 0 Å². The van der Waals surface area contributed by atoms with Gasteiger partial charge in [0.2, 0.25) is 5.91 Å². The predicted molar refractivity (Wildman–Crippen MR) is 142 cm³/mol. The topological polar surface area (TPSA) is 85.7 Å². The molecule has 1 aliphatic rings. The van der Waals surface area contributed by atoms with Crippen LogP contribution in [0, 0.1) is 6.92 Å². The number of carbonyl (C=O) groups excluding carboxylic acids is 2. The zero-order valence-corrected chi connectivity index (χ0v) is 21.9. The molecule has 1 aromatic heterocycles. The molecule has 36 heavy (non-hydrogen) atoms. The number of aromatic nitrogens is 2. The van der Waals surface area contributed by atoms with Crippen LogP contribution in [0.3, 0.4) is 0 Å². The molecule has 1 aliphatic heterocycles. The third-order valence-electron chi connectivity index (χ3n) is 6.67. The molecule has 0 aliphatic carbocycles. The number of amides is 2. The molecule has 0 bridgehead atoms. The largest absolute Gasteiger partial charge is 0.353 e. The summed E-state index contributed by atoms with van der Waals surface area (Å²) in [5, 5.41) is 15.3. The molecule has 9 nitrogen and oxygen atoms in total. The lowest BCUT2D eigenvalue weighted by molar-refractivity contribution is -0.145. The monoisotopic (exact) mass is 491 g/mol. The van der Waals surface area contributed by atoms with E-state index in [4.69, 9.17) is 0 Å². The van der Waals surface area contributed by atoms with Crippen LogP contribution in [0.4, 0.5) is 5.69 Å². The van der Waals surface area contributed by atoms with Gasteiger partial charge in [-0.1, -0.05) is 38.1 Å². The second-order valence-electron chi connectivity index (χ2n) is 9.79. The van der Waals surface area contributed by atoms with E-state index in [0.717, 1.165) is 22.2 Å². The molecular formula is C27H37N7O2. The predicted octanol–water partition coefficient (Wildman–Crippen LogP) is 2.19. The van der Waals surface area contributed by atoms with Crippen LogP contribution in [-0.2, 0) is 29.7 Å². The molecule has 2 N–H and O–H groups in total. The van der Waals surface area contributed by atoms with Gasteiger partial charge in [-0.25, -0.2) is 5.01 Å². The Kier molecular flexibility index (Phi) is 7.91. The van der Waals surface area contributed by atoms with E-state index in [9.17, 15) is 9.59 Å². The number of nitrogens with one attached hydrogen (secondary N) is 2. The van der Waals surface area contributed by atoms with Crippen molar-refractivity contribution in [2.24, 2.45) is 7.05 Å². The maximum Gasteiger partial charge on any atom is 0.256 e. The smallest absolute Gasteiger partial charge is 0.256 e. The van der Waals surface area contributed by atoms with Crippen LogP contribution in [0.2, 0.25) is 0 Å². The van der Waals surface area contributed by atoms with E-state index in [1.807, 2.05) is 53.0 Å². The zero-order chi connectivity index (χ0) is 25.8. The number of hydrazine groups is 1. The Morgan fingerprint density at radius 1 is 1.08 bits per heavy atom. The van der Waals surface area contributed by atoms with Crippen LogP contribution in [0.15, 0.2) is 42.6 Å². The molecule has 0 spiro atoms. The van der Waals surface area contributed by atoms with E-state index in [2.05, 4.69) is 47.8 Å². The minimum Gasteiger partial charge on any atom is -0.353 e. The average molecular weight is 492 g/mol. The van der Waals surface area contributed by atoms with Crippen molar-refractivity contribution in [3.63, 3.8) is 0 Å². The van der Waals surface area contributed by atoms with Crippen molar-refractivity contribution in [2.45, 2.75) is 39.9 Å². The minimum atomic E-state index is -0.115. The summed E-state index contributed by atoms with van der Waals surface area (Å²) in [6.45, 7) is 8.95. The Balaban J connectivity index is 1.50. The minimum absolute atomic E-state index is 0.0669. The van der Waals surface area contributed by atoms with Crippen LogP contribution < -0.4 is 15.5 Å². The van der Waals surface area contributed by atoms with Gasteiger partial charge in [-0.05, 0) is 35.7 Å². The number of anilines is 1. The molecule has 192 valence electrons. The second kappa shape index (κ2) is 11.1. The average Bonchev–Trinajstić information content (AvgIpc) is 3.43. The van der Waals surface area contributed by atoms with Crippen molar-refractivity contribution < 1.29 is 9.59 Å². The fourth-order valence-electron chi connectivity index (χ4n) is 4.60. The zero-order valence-electron chi connectivity index (χ0n) is 21.9. The Hall–Kier alpha value is -3.43. The Labute approximate surface area is 213 Å². The van der Waals surface area contributed by atoms with E-state index >= 15 is 0 Å². The van der Waals surface area contributed by atoms with Crippen LogP contribution in [0.1, 0.15) is 30.5 Å². The summed E-state index contributed by atoms with van der Waals surface area (Å²) in [6, 6.07) is 12.7. The molecule has 0 saturated carbocycles. The molecule has 0 saturated heterocycles. The molecule has 3 aromatic rings. The lowest BCUT2D eigenvalue weighted by Gasteiger charge is -2.32. The Morgan fingerprint density at radius 3 is 2.44 bits per heavy atom. The number of aryl methyl sites for hydroxylation is 2. The van der Waals surface area contributed by atoms with Crippen molar-refractivity contribution in [2.75, 3.05) is 38.1 Å². The summed E-state index contributed by atoms with van der Waals surface area (Å²) in [6.07, 6.45) is 1.81. The molecule has 0 radical (unpaired) electrons. The van der Waals surface area contributed by atoms with Crippen LogP contribution in [0.5, 0.6) is 0 Å². The first kappa shape index (κ1) is 25.7. The number of nitrogens with zero attached hydrogens (tertiary/aromatic N) is 5. The van der Waals surface area contributed by atoms with E-state index in [1.165, 1.54) is 11.1 Å². The molecule has 9 heteroatoms. The second-order valence-corrected chi connectivity index (χ2v) is 9.79. The van der Waals surface area contributed by atoms with Crippen LogP contribution in [0.25, 0.3) is 10.9 Å². The van der Waals surface area contributed by atoms with E-state index in [-0.39, 0.29) is 24.9 Å². The number of hydrogen-bond donors (Lipinski definition) is 2. The highest BCUT2D eigenvalue weighted by Gasteiger charge is 2.27. The summed E-state index contributed by atoms with van der Waals surface area (Å²) in [5.41, 5.74) is 5.34. The first-order valence-corrected chi connectivity index (χ1v) is 12.5. The lowest BCUT2D eigenvalue weighted by Crippen LogP contribution is -2.48. The molecule has 4 rings (SSSR count). The summed E-state index contributed by atoms with van der Waals surface area (Å²) in [5.74, 6) is -0.182. The van der Waals surface area contributed by atoms with Gasteiger partial charge >= 0.3 is 0 Å². The lowest BCUT2D eigenvalue weighted by atomic mass is 10.1. The fourth-order valence-corrected chi connectivity index (χ4v) is 4.60. The summed E-state index contributed by atoms with van der Waals surface area (Å²) < 4.78 is 1.83. The summed E-state index contributed by atoms with van der Waals surface area (Å²) in [7, 11) is 3.71. The van der Waals surface area contributed by atoms with Gasteiger partial charge < -0.3 is 15.5 Å². The SMILES string of the molecule is Cc1cc2c(cnn2C)cc1N(CC(=O)NCCNC(C)C)CC(=O)N(C)N1Cc2ccccc2C1. The highest BCUT2D eigenvalue weighted by atomic mass is 16.2. The molecule has 0 unspecified atom stereocenters. The van der Waals surface area contributed by atoms with Crippen molar-refractivity contribution in [3.05, 3.63) is 59.3 Å². The van der Waals surface area contributed by atoms with Gasteiger partial charge in [0.1, 0.15) is 0 Å². The van der Waals surface area contributed by atoms with Crippen LogP contribution >= 0.6 is 0 Å². The van der Waals surface area contributed by atoms with Crippen molar-refractivity contribution in [3.8, 4) is 0 Å². The normalized spacial score (nSPS) is 13.3. The van der Waals surface area contributed by atoms with Gasteiger partial charge in [-0.3, -0.25) is 19.3 Å². The molecule has 2 amide bonds. The maximum absolute atomic E-state index is 13.4. The van der Waals surface area contributed by atoms with Gasteiger partial charge in [0, 0.05) is 57.4 Å². The molecular weight excluding hydrogens is 454 g/mol. The molecule has 2 heterocycles. The quantitative estimate of drug-likeness (QED) is 0.423. The number of fused-ring (bicyclic) bond motifs is 2. The van der Waals surface area contributed by atoms with Crippen molar-refractivity contribution in [1.82, 2.24) is 30.4 Å². The van der Waals surface area contributed by atoms with E-state index < -0.39 is 0 Å². The van der Waals surface area contributed by atoms with Gasteiger partial charge in [0.25, 0.3) is 5.91 Å². The van der Waals surface area contributed by atoms with Crippen molar-refractivity contribution >= 4 is 28.4 Å². The van der Waals surface area contributed by atoms with Gasteiger partial charge in [-0.15, -0.1) is 0 Å². The maximum atomic E-state index is 13.4. The van der Waals surface area contributed by atoms with Gasteiger partial charge in [0.15, 0.2) is 0 Å². The molecule has 0 fully saturated rings.